The molecular formula is C24H21N3O2. The summed E-state index contributed by atoms with van der Waals surface area (Å²) < 4.78 is 7.85. The van der Waals surface area contributed by atoms with Crippen molar-refractivity contribution in [2.75, 3.05) is 27.2 Å². The molecule has 0 saturated heterocycles. The van der Waals surface area contributed by atoms with Crippen LogP contribution in [0.15, 0.2) is 66.9 Å². The number of likely N-dealkylation sites (N-methyl/N-ethyl adjacent to an activating group) is 1. The Bertz CT molecular complexity index is 1230. The van der Waals surface area contributed by atoms with Gasteiger partial charge in [-0.1, -0.05) is 36.4 Å². The Kier molecular flexibility index (Phi) is 5.03. The monoisotopic (exact) mass is 383 g/mol. The predicted octanol–water partition coefficient (Wildman–Crippen LogP) is 4.14. The van der Waals surface area contributed by atoms with Crippen molar-refractivity contribution in [1.29, 1.82) is 5.26 Å². The highest BCUT2D eigenvalue weighted by Gasteiger charge is 2.17. The number of nitrogens with zero attached hydrogens (tertiary/aromatic N) is 3. The van der Waals surface area contributed by atoms with E-state index in [0.717, 1.165) is 28.7 Å². The standard InChI is InChI=1S/C24H21N3O2/c1-26(2)10-11-29-21-14-20-9-8-19-12-17(15-25)13-22(23(19)27(20)16-21)24(28)18-6-4-3-5-7-18/h3-9,12-14,16H,10-11H2,1-2H3. The SMILES string of the molecule is CN(C)CCOc1cc2ccc3cc(C#N)cc(C(=O)c4ccccc4)c3n2c1. The first-order chi connectivity index (χ1) is 14.1. The molecule has 0 unspecified atom stereocenters. The number of pyridine rings is 1. The summed E-state index contributed by atoms with van der Waals surface area (Å²) in [4.78, 5) is 15.3. The molecule has 2 aromatic carbocycles. The summed E-state index contributed by atoms with van der Waals surface area (Å²) in [6.45, 7) is 1.40. The molecule has 0 aliphatic rings. The number of hydrogen-bond acceptors (Lipinski definition) is 4. The lowest BCUT2D eigenvalue weighted by Gasteiger charge is -2.10. The average molecular weight is 383 g/mol. The summed E-state index contributed by atoms with van der Waals surface area (Å²) in [5.41, 5.74) is 3.27. The molecule has 0 aliphatic heterocycles. The average Bonchev–Trinajstić information content (AvgIpc) is 3.15. The van der Waals surface area contributed by atoms with Gasteiger partial charge in [0.1, 0.15) is 12.4 Å². The molecule has 0 bridgehead atoms. The lowest BCUT2D eigenvalue weighted by atomic mass is 9.98. The van der Waals surface area contributed by atoms with Gasteiger partial charge in [0.05, 0.1) is 23.3 Å². The van der Waals surface area contributed by atoms with Crippen LogP contribution in [0.5, 0.6) is 5.75 Å². The van der Waals surface area contributed by atoms with Crippen molar-refractivity contribution >= 4 is 22.2 Å². The quantitative estimate of drug-likeness (QED) is 0.470. The van der Waals surface area contributed by atoms with Crippen molar-refractivity contribution in [3.05, 3.63) is 83.6 Å². The van der Waals surface area contributed by atoms with E-state index in [1.165, 1.54) is 0 Å². The van der Waals surface area contributed by atoms with E-state index in [1.54, 1.807) is 18.2 Å². The van der Waals surface area contributed by atoms with Crippen molar-refractivity contribution < 1.29 is 9.53 Å². The Morgan fingerprint density at radius 1 is 1.10 bits per heavy atom. The lowest BCUT2D eigenvalue weighted by molar-refractivity contribution is 0.104. The van der Waals surface area contributed by atoms with Crippen molar-refractivity contribution in [3.63, 3.8) is 0 Å². The van der Waals surface area contributed by atoms with Gasteiger partial charge in [0.15, 0.2) is 5.78 Å². The first kappa shape index (κ1) is 18.7. The summed E-state index contributed by atoms with van der Waals surface area (Å²) in [6, 6.07) is 20.7. The van der Waals surface area contributed by atoms with Crippen LogP contribution in [0, 0.1) is 11.3 Å². The van der Waals surface area contributed by atoms with Gasteiger partial charge in [-0.15, -0.1) is 0 Å². The topological polar surface area (TPSA) is 57.7 Å². The number of hydrogen-bond donors (Lipinski definition) is 0. The normalized spacial score (nSPS) is 11.1. The second-order valence-corrected chi connectivity index (χ2v) is 7.22. The summed E-state index contributed by atoms with van der Waals surface area (Å²) in [7, 11) is 4.00. The summed E-state index contributed by atoms with van der Waals surface area (Å²) in [5.74, 6) is 0.644. The molecule has 5 nitrogen and oxygen atoms in total. The second kappa shape index (κ2) is 7.78. The second-order valence-electron chi connectivity index (χ2n) is 7.22. The highest BCUT2D eigenvalue weighted by molar-refractivity contribution is 6.16. The van der Waals surface area contributed by atoms with Gasteiger partial charge < -0.3 is 14.0 Å². The fraction of sp³-hybridized carbons (Fsp3) is 0.167. The molecule has 144 valence electrons. The molecule has 5 heteroatoms. The van der Waals surface area contributed by atoms with Crippen LogP contribution in [0.4, 0.5) is 0 Å². The third-order valence-electron chi connectivity index (χ3n) is 4.86. The molecule has 2 aromatic heterocycles. The Balaban J connectivity index is 1.87. The Hall–Kier alpha value is -3.62. The van der Waals surface area contributed by atoms with Crippen LogP contribution in [-0.4, -0.2) is 42.3 Å². The van der Waals surface area contributed by atoms with E-state index < -0.39 is 0 Å². The molecule has 0 radical (unpaired) electrons. The number of ether oxygens (including phenoxy) is 1. The lowest BCUT2D eigenvalue weighted by Crippen LogP contribution is -2.19. The highest BCUT2D eigenvalue weighted by Crippen LogP contribution is 2.28. The number of fused-ring (bicyclic) bond motifs is 3. The van der Waals surface area contributed by atoms with E-state index in [2.05, 4.69) is 11.0 Å². The van der Waals surface area contributed by atoms with E-state index in [-0.39, 0.29) is 5.78 Å². The van der Waals surface area contributed by atoms with Crippen molar-refractivity contribution in [2.24, 2.45) is 0 Å². The molecule has 0 amide bonds. The summed E-state index contributed by atoms with van der Waals surface area (Å²) in [6.07, 6.45) is 1.90. The van der Waals surface area contributed by atoms with Crippen LogP contribution in [0.3, 0.4) is 0 Å². The van der Waals surface area contributed by atoms with E-state index >= 15 is 0 Å². The van der Waals surface area contributed by atoms with Gasteiger partial charge >= 0.3 is 0 Å². The number of ketones is 1. The molecule has 0 atom stereocenters. The number of nitriles is 1. The van der Waals surface area contributed by atoms with E-state index in [1.807, 2.05) is 67.2 Å². The Labute approximate surface area is 169 Å². The molecule has 4 aromatic rings. The van der Waals surface area contributed by atoms with Crippen molar-refractivity contribution in [1.82, 2.24) is 9.30 Å². The van der Waals surface area contributed by atoms with Crippen LogP contribution >= 0.6 is 0 Å². The smallest absolute Gasteiger partial charge is 0.195 e. The van der Waals surface area contributed by atoms with Crippen molar-refractivity contribution in [3.8, 4) is 11.8 Å². The number of carbonyl (C=O) groups is 1. The Morgan fingerprint density at radius 2 is 1.90 bits per heavy atom. The number of rotatable bonds is 6. The van der Waals surface area contributed by atoms with Gasteiger partial charge in [0.25, 0.3) is 0 Å². The van der Waals surface area contributed by atoms with Gasteiger partial charge in [0.2, 0.25) is 0 Å². The molecule has 0 saturated carbocycles. The molecule has 2 heterocycles. The zero-order valence-electron chi connectivity index (χ0n) is 16.4. The van der Waals surface area contributed by atoms with Gasteiger partial charge in [-0.3, -0.25) is 4.79 Å². The third-order valence-corrected chi connectivity index (χ3v) is 4.86. The summed E-state index contributed by atoms with van der Waals surface area (Å²) >= 11 is 0. The number of aromatic nitrogens is 1. The fourth-order valence-corrected chi connectivity index (χ4v) is 3.41. The third kappa shape index (κ3) is 3.71. The van der Waals surface area contributed by atoms with Gasteiger partial charge in [-0.05, 0) is 32.3 Å². The minimum atomic E-state index is -0.107. The van der Waals surface area contributed by atoms with Crippen LogP contribution in [0.2, 0.25) is 0 Å². The first-order valence-corrected chi connectivity index (χ1v) is 9.43. The van der Waals surface area contributed by atoms with Crippen molar-refractivity contribution in [2.45, 2.75) is 0 Å². The van der Waals surface area contributed by atoms with Crippen LogP contribution < -0.4 is 4.74 Å². The zero-order chi connectivity index (χ0) is 20.4. The minimum absolute atomic E-state index is 0.107. The van der Waals surface area contributed by atoms with E-state index in [9.17, 15) is 10.1 Å². The molecule has 0 fully saturated rings. The van der Waals surface area contributed by atoms with Gasteiger partial charge in [0, 0.05) is 34.6 Å². The predicted molar refractivity (Wildman–Crippen MR) is 114 cm³/mol. The maximum absolute atomic E-state index is 13.3. The molecular weight excluding hydrogens is 362 g/mol. The maximum Gasteiger partial charge on any atom is 0.195 e. The molecule has 29 heavy (non-hydrogen) atoms. The molecule has 0 aliphatic carbocycles. The minimum Gasteiger partial charge on any atom is -0.491 e. The van der Waals surface area contributed by atoms with Crippen LogP contribution in [-0.2, 0) is 0 Å². The van der Waals surface area contributed by atoms with E-state index in [4.69, 9.17) is 4.74 Å². The molecule has 0 N–H and O–H groups in total. The van der Waals surface area contributed by atoms with Gasteiger partial charge in [-0.2, -0.15) is 5.26 Å². The summed E-state index contributed by atoms with van der Waals surface area (Å²) in [5, 5.41) is 10.3. The number of carbonyl (C=O) groups excluding carboxylic acids is 1. The maximum atomic E-state index is 13.3. The molecule has 0 spiro atoms. The van der Waals surface area contributed by atoms with Crippen LogP contribution in [0.25, 0.3) is 16.4 Å². The van der Waals surface area contributed by atoms with Gasteiger partial charge in [-0.25, -0.2) is 0 Å². The zero-order valence-corrected chi connectivity index (χ0v) is 16.4. The largest absolute Gasteiger partial charge is 0.491 e. The highest BCUT2D eigenvalue weighted by atomic mass is 16.5. The fourth-order valence-electron chi connectivity index (χ4n) is 3.41. The Morgan fingerprint density at radius 3 is 2.62 bits per heavy atom. The van der Waals surface area contributed by atoms with Crippen LogP contribution in [0.1, 0.15) is 21.5 Å². The first-order valence-electron chi connectivity index (χ1n) is 9.43. The van der Waals surface area contributed by atoms with E-state index in [0.29, 0.717) is 23.3 Å². The molecule has 4 rings (SSSR count). The number of benzene rings is 2.